The lowest BCUT2D eigenvalue weighted by Crippen LogP contribution is -2.45. The van der Waals surface area contributed by atoms with Crippen LogP contribution >= 0.6 is 0 Å². The number of ether oxygens (including phenoxy) is 1. The van der Waals surface area contributed by atoms with E-state index in [2.05, 4.69) is 25.0 Å². The average molecular weight is 345 g/mol. The van der Waals surface area contributed by atoms with Crippen molar-refractivity contribution >= 4 is 5.97 Å². The molecule has 5 rings (SSSR count). The zero-order valence-corrected chi connectivity index (χ0v) is 15.5. The Bertz CT molecular complexity index is 588. The minimum atomic E-state index is -0.0250. The molecule has 0 aromatic heterocycles. The summed E-state index contributed by atoms with van der Waals surface area (Å²) in [6.45, 7) is 4.40. The number of cyclic esters (lactones) is 1. The van der Waals surface area contributed by atoms with Crippen LogP contribution in [0, 0.1) is 23.7 Å². The summed E-state index contributed by atoms with van der Waals surface area (Å²) < 4.78 is 5.69. The van der Waals surface area contributed by atoms with Crippen molar-refractivity contribution in [1.29, 1.82) is 0 Å². The van der Waals surface area contributed by atoms with E-state index in [9.17, 15) is 4.79 Å². The summed E-state index contributed by atoms with van der Waals surface area (Å²) in [5.41, 5.74) is 1.53. The van der Waals surface area contributed by atoms with Crippen LogP contribution in [0.4, 0.5) is 0 Å². The van der Waals surface area contributed by atoms with Gasteiger partial charge in [-0.2, -0.15) is 5.06 Å². The van der Waals surface area contributed by atoms with E-state index in [1.807, 2.05) is 0 Å². The third-order valence-electron chi connectivity index (χ3n) is 7.68. The lowest BCUT2D eigenvalue weighted by atomic mass is 9.60. The first-order valence-corrected chi connectivity index (χ1v) is 10.5. The van der Waals surface area contributed by atoms with E-state index < -0.39 is 0 Å². The molecule has 25 heavy (non-hydrogen) atoms. The van der Waals surface area contributed by atoms with Gasteiger partial charge in [-0.15, -0.1) is 0 Å². The lowest BCUT2D eigenvalue weighted by Gasteiger charge is -2.44. The molecule has 4 heteroatoms. The summed E-state index contributed by atoms with van der Waals surface area (Å²) in [7, 11) is 0. The average Bonchev–Trinajstić information content (AvgIpc) is 3.16. The first-order chi connectivity index (χ1) is 12.1. The van der Waals surface area contributed by atoms with Gasteiger partial charge < -0.3 is 4.74 Å². The standard InChI is InChI=1S/C21H31NO3/c1-12-6-5-8-15-11-18(25-22(12)15)20-16-9-4-3-7-14(16)10-17-19(20)13(2)24-21(17)23/h10,12-13,15-20H,3-9,11H2,1-2H3/t12-,13-,15+,16-,17-,18-,19-,20-/m0/s1. The highest BCUT2D eigenvalue weighted by molar-refractivity contribution is 5.78. The Morgan fingerprint density at radius 1 is 1.08 bits per heavy atom. The minimum Gasteiger partial charge on any atom is -0.462 e. The molecule has 4 fully saturated rings. The number of rotatable bonds is 1. The van der Waals surface area contributed by atoms with Gasteiger partial charge in [0.2, 0.25) is 0 Å². The third-order valence-corrected chi connectivity index (χ3v) is 7.68. The van der Waals surface area contributed by atoms with Crippen LogP contribution in [0.25, 0.3) is 0 Å². The van der Waals surface area contributed by atoms with Gasteiger partial charge in [-0.05, 0) is 58.3 Å². The summed E-state index contributed by atoms with van der Waals surface area (Å²) in [5, 5.41) is 2.31. The van der Waals surface area contributed by atoms with Crippen LogP contribution in [0.1, 0.15) is 65.2 Å². The number of carbonyl (C=O) groups is 1. The van der Waals surface area contributed by atoms with Crippen LogP contribution in [-0.4, -0.2) is 35.3 Å². The van der Waals surface area contributed by atoms with Crippen molar-refractivity contribution in [1.82, 2.24) is 5.06 Å². The van der Waals surface area contributed by atoms with Crippen LogP contribution in [0.3, 0.4) is 0 Å². The van der Waals surface area contributed by atoms with E-state index in [1.54, 1.807) is 0 Å². The van der Waals surface area contributed by atoms with Crippen LogP contribution in [0.5, 0.6) is 0 Å². The van der Waals surface area contributed by atoms with E-state index in [0.29, 0.717) is 29.8 Å². The summed E-state index contributed by atoms with van der Waals surface area (Å²) in [6, 6.07) is 1.11. The molecule has 138 valence electrons. The fraction of sp³-hybridized carbons (Fsp3) is 0.857. The molecule has 4 nitrogen and oxygen atoms in total. The number of esters is 1. The van der Waals surface area contributed by atoms with Gasteiger partial charge in [0.1, 0.15) is 6.10 Å². The van der Waals surface area contributed by atoms with Crippen LogP contribution in [0.2, 0.25) is 0 Å². The predicted molar refractivity (Wildman–Crippen MR) is 94.5 cm³/mol. The Labute approximate surface area is 150 Å². The Balaban J connectivity index is 1.48. The van der Waals surface area contributed by atoms with Gasteiger partial charge in [0, 0.05) is 23.9 Å². The number of hydrogen-bond acceptors (Lipinski definition) is 4. The number of nitrogens with zero attached hydrogens (tertiary/aromatic N) is 1. The number of carbonyl (C=O) groups excluding carboxylic acids is 1. The molecule has 0 bridgehead atoms. The van der Waals surface area contributed by atoms with Gasteiger partial charge in [0.05, 0.1) is 12.0 Å². The number of hydrogen-bond donors (Lipinski definition) is 0. The quantitative estimate of drug-likeness (QED) is 0.534. The normalized spacial score (nSPS) is 49.8. The zero-order valence-electron chi connectivity index (χ0n) is 15.5. The molecule has 2 aliphatic carbocycles. The first kappa shape index (κ1) is 16.3. The Morgan fingerprint density at radius 2 is 1.96 bits per heavy atom. The largest absolute Gasteiger partial charge is 0.462 e. The maximum atomic E-state index is 12.4. The van der Waals surface area contributed by atoms with Crippen molar-refractivity contribution < 1.29 is 14.4 Å². The second-order valence-corrected chi connectivity index (χ2v) is 9.09. The maximum absolute atomic E-state index is 12.4. The molecule has 0 spiro atoms. The predicted octanol–water partition coefficient (Wildman–Crippen LogP) is 3.86. The molecule has 0 amide bonds. The highest BCUT2D eigenvalue weighted by atomic mass is 16.7. The van der Waals surface area contributed by atoms with Crippen molar-refractivity contribution in [2.75, 3.05) is 0 Å². The Kier molecular flexibility index (Phi) is 3.97. The molecule has 3 heterocycles. The van der Waals surface area contributed by atoms with Gasteiger partial charge in [0.25, 0.3) is 0 Å². The van der Waals surface area contributed by atoms with E-state index >= 15 is 0 Å². The highest BCUT2D eigenvalue weighted by Gasteiger charge is 2.56. The van der Waals surface area contributed by atoms with E-state index in [4.69, 9.17) is 9.57 Å². The molecule has 0 aromatic rings. The van der Waals surface area contributed by atoms with Gasteiger partial charge in [-0.1, -0.05) is 24.5 Å². The van der Waals surface area contributed by atoms with E-state index in [0.717, 1.165) is 6.42 Å². The Hall–Kier alpha value is -0.870. The van der Waals surface area contributed by atoms with Crippen LogP contribution < -0.4 is 0 Å². The molecule has 0 radical (unpaired) electrons. The summed E-state index contributed by atoms with van der Waals surface area (Å²) in [4.78, 5) is 19.0. The van der Waals surface area contributed by atoms with Gasteiger partial charge in [-0.25, -0.2) is 0 Å². The number of piperidine rings is 1. The molecule has 3 aliphatic heterocycles. The zero-order chi connectivity index (χ0) is 17.1. The second-order valence-electron chi connectivity index (χ2n) is 9.09. The molecular formula is C21H31NO3. The van der Waals surface area contributed by atoms with Crippen molar-refractivity contribution in [2.24, 2.45) is 23.7 Å². The highest BCUT2D eigenvalue weighted by Crippen LogP contribution is 2.53. The molecule has 3 saturated heterocycles. The summed E-state index contributed by atoms with van der Waals surface area (Å²) in [5.74, 6) is 1.34. The molecule has 0 aromatic carbocycles. The van der Waals surface area contributed by atoms with Crippen molar-refractivity contribution in [3.63, 3.8) is 0 Å². The monoisotopic (exact) mass is 345 g/mol. The Morgan fingerprint density at radius 3 is 2.80 bits per heavy atom. The molecular weight excluding hydrogens is 314 g/mol. The molecule has 0 N–H and O–H groups in total. The van der Waals surface area contributed by atoms with Crippen molar-refractivity contribution in [3.8, 4) is 0 Å². The van der Waals surface area contributed by atoms with Crippen LogP contribution in [-0.2, 0) is 14.4 Å². The van der Waals surface area contributed by atoms with E-state index in [-0.39, 0.29) is 24.1 Å². The third kappa shape index (κ3) is 2.51. The smallest absolute Gasteiger partial charge is 0.313 e. The number of allylic oxidation sites excluding steroid dienone is 1. The summed E-state index contributed by atoms with van der Waals surface area (Å²) >= 11 is 0. The number of hydroxylamine groups is 2. The number of fused-ring (bicyclic) bond motifs is 3. The fourth-order valence-corrected chi connectivity index (χ4v) is 6.61. The van der Waals surface area contributed by atoms with Gasteiger partial charge in [0.15, 0.2) is 0 Å². The molecule has 1 saturated carbocycles. The fourth-order valence-electron chi connectivity index (χ4n) is 6.61. The molecule has 5 aliphatic rings. The maximum Gasteiger partial charge on any atom is 0.313 e. The van der Waals surface area contributed by atoms with Crippen molar-refractivity contribution in [2.45, 2.75) is 89.5 Å². The molecule has 8 atom stereocenters. The second kappa shape index (κ2) is 6.09. The van der Waals surface area contributed by atoms with Gasteiger partial charge >= 0.3 is 5.97 Å². The van der Waals surface area contributed by atoms with Gasteiger partial charge in [-0.3, -0.25) is 9.63 Å². The minimum absolute atomic E-state index is 0.00288. The topological polar surface area (TPSA) is 38.8 Å². The SMILES string of the molecule is C[C@@H]1OC(=O)[C@H]2C=C3CCCC[C@@H]3[C@@H]([C@@H]3C[C@H]4CCC[C@H](C)N4O3)[C@@H]12. The lowest BCUT2D eigenvalue weighted by molar-refractivity contribution is -0.215. The summed E-state index contributed by atoms with van der Waals surface area (Å²) in [6.07, 6.45) is 12.6. The molecule has 0 unspecified atom stereocenters. The first-order valence-electron chi connectivity index (χ1n) is 10.5. The van der Waals surface area contributed by atoms with Crippen LogP contribution in [0.15, 0.2) is 11.6 Å². The van der Waals surface area contributed by atoms with E-state index in [1.165, 1.54) is 50.5 Å². The van der Waals surface area contributed by atoms with Crippen molar-refractivity contribution in [3.05, 3.63) is 11.6 Å².